The highest BCUT2D eigenvalue weighted by molar-refractivity contribution is 7.87. The van der Waals surface area contributed by atoms with Crippen molar-refractivity contribution in [1.82, 2.24) is 5.32 Å². The molecule has 9 nitrogen and oxygen atoms in total. The van der Waals surface area contributed by atoms with Gasteiger partial charge in [-0.1, -0.05) is 41.5 Å². The predicted octanol–water partition coefficient (Wildman–Crippen LogP) is 3.42. The van der Waals surface area contributed by atoms with Crippen LogP contribution in [0.15, 0.2) is 70.5 Å². The van der Waals surface area contributed by atoms with Crippen LogP contribution in [0.25, 0.3) is 0 Å². The van der Waals surface area contributed by atoms with E-state index in [9.17, 15) is 21.9 Å². The van der Waals surface area contributed by atoms with Crippen molar-refractivity contribution in [3.8, 4) is 5.75 Å². The van der Waals surface area contributed by atoms with Crippen LogP contribution in [0, 0.1) is 26.7 Å². The number of aryl methyl sites for hydroxylation is 3. The van der Waals surface area contributed by atoms with Crippen LogP contribution in [0.5, 0.6) is 5.75 Å². The smallest absolute Gasteiger partial charge is 0.299 e. The van der Waals surface area contributed by atoms with Crippen molar-refractivity contribution in [1.29, 1.82) is 0 Å². The molecule has 0 amide bonds. The number of hydrogen-bond acceptors (Lipinski definition) is 9. The second kappa shape index (κ2) is 9.35. The second-order valence-corrected chi connectivity index (χ2v) is 15.2. The maximum Gasteiger partial charge on any atom is 0.299 e. The van der Waals surface area contributed by atoms with E-state index in [-0.39, 0.29) is 28.2 Å². The number of nitrogens with one attached hydrogen (secondary N) is 1. The van der Waals surface area contributed by atoms with Crippen LogP contribution in [-0.2, 0) is 40.4 Å². The Morgan fingerprint density at radius 2 is 1.43 bits per heavy atom. The van der Waals surface area contributed by atoms with E-state index >= 15 is 0 Å². The van der Waals surface area contributed by atoms with Gasteiger partial charge in [-0.2, -0.15) is 16.8 Å². The van der Waals surface area contributed by atoms with Gasteiger partial charge in [0, 0.05) is 23.4 Å². The molecule has 4 aliphatic rings. The Morgan fingerprint density at radius 1 is 0.857 bits per heavy atom. The highest BCUT2D eigenvalue weighted by Crippen LogP contribution is 2.63. The van der Waals surface area contributed by atoms with Gasteiger partial charge in [0.25, 0.3) is 20.2 Å². The Morgan fingerprint density at radius 3 is 2.00 bits per heavy atom. The van der Waals surface area contributed by atoms with Gasteiger partial charge < -0.3 is 15.2 Å². The van der Waals surface area contributed by atoms with Crippen LogP contribution in [0.3, 0.4) is 0 Å². The molecule has 1 unspecified atom stereocenters. The van der Waals surface area contributed by atoms with Gasteiger partial charge in [0.15, 0.2) is 0 Å². The van der Waals surface area contributed by atoms with Gasteiger partial charge in [0.1, 0.15) is 18.0 Å². The molecule has 3 aromatic rings. The first kappa shape index (κ1) is 28.0. The number of hydrogen-bond donors (Lipinski definition) is 2. The molecule has 2 aliphatic heterocycles. The van der Waals surface area contributed by atoms with Crippen LogP contribution in [-0.4, -0.2) is 52.5 Å². The lowest BCUT2D eigenvalue weighted by Crippen LogP contribution is -2.73. The van der Waals surface area contributed by atoms with Crippen molar-refractivity contribution >= 4 is 20.2 Å². The largest absolute Gasteiger partial charge is 0.486 e. The average molecular weight is 612 g/mol. The first-order valence-electron chi connectivity index (χ1n) is 14.1. The summed E-state index contributed by atoms with van der Waals surface area (Å²) in [5.41, 5.74) is 4.33. The Balaban J connectivity index is 1.39. The lowest BCUT2D eigenvalue weighted by Gasteiger charge is -2.59. The third-order valence-corrected chi connectivity index (χ3v) is 12.3. The molecule has 7 rings (SSSR count). The van der Waals surface area contributed by atoms with Crippen LogP contribution < -0.4 is 10.1 Å². The number of rotatable bonds is 6. The molecule has 0 radical (unpaired) electrons. The van der Waals surface area contributed by atoms with Gasteiger partial charge in [-0.3, -0.25) is 0 Å². The van der Waals surface area contributed by atoms with E-state index < -0.39 is 43.6 Å². The minimum absolute atomic E-state index is 0.132. The van der Waals surface area contributed by atoms with Gasteiger partial charge >= 0.3 is 0 Å². The van der Waals surface area contributed by atoms with E-state index in [2.05, 4.69) is 5.32 Å². The zero-order chi connectivity index (χ0) is 29.7. The van der Waals surface area contributed by atoms with Crippen molar-refractivity contribution in [3.05, 3.63) is 88.5 Å². The molecule has 1 saturated heterocycles. The van der Waals surface area contributed by atoms with Crippen LogP contribution >= 0.6 is 0 Å². The summed E-state index contributed by atoms with van der Waals surface area (Å²) in [6, 6.07) is 15.8. The lowest BCUT2D eigenvalue weighted by molar-refractivity contribution is -0.256. The number of ether oxygens (including phenoxy) is 1. The van der Waals surface area contributed by atoms with Crippen LogP contribution in [0.2, 0.25) is 0 Å². The average Bonchev–Trinajstić information content (AvgIpc) is 3.25. The molecule has 3 aromatic carbocycles. The summed E-state index contributed by atoms with van der Waals surface area (Å²) in [4.78, 5) is -0.349. The fraction of sp³-hybridized carbons (Fsp3) is 0.419. The maximum atomic E-state index is 13.8. The highest BCUT2D eigenvalue weighted by atomic mass is 32.2. The van der Waals surface area contributed by atoms with Crippen molar-refractivity contribution in [2.24, 2.45) is 5.92 Å². The van der Waals surface area contributed by atoms with Gasteiger partial charge in [-0.25, -0.2) is 8.37 Å². The molecule has 0 aromatic heterocycles. The molecule has 2 aliphatic carbocycles. The molecular formula is C31H33NO8S2. The van der Waals surface area contributed by atoms with Crippen molar-refractivity contribution in [3.63, 3.8) is 0 Å². The third kappa shape index (κ3) is 4.01. The zero-order valence-corrected chi connectivity index (χ0v) is 25.2. The summed E-state index contributed by atoms with van der Waals surface area (Å²) in [6.45, 7) is 6.37. The van der Waals surface area contributed by atoms with Gasteiger partial charge in [-0.05, 0) is 87.5 Å². The Kier molecular flexibility index (Phi) is 6.23. The zero-order valence-electron chi connectivity index (χ0n) is 23.5. The molecule has 2 bridgehead atoms. The van der Waals surface area contributed by atoms with E-state index in [0.717, 1.165) is 27.8 Å². The first-order valence-corrected chi connectivity index (χ1v) is 16.9. The topological polar surface area (TPSA) is 128 Å². The highest BCUT2D eigenvalue weighted by Gasteiger charge is 2.72. The Bertz CT molecular complexity index is 1710. The fourth-order valence-corrected chi connectivity index (χ4v) is 9.94. The minimum atomic E-state index is -4.60. The summed E-state index contributed by atoms with van der Waals surface area (Å²) in [5, 5.41) is 15.7. The normalized spacial score (nSPS) is 29.0. The van der Waals surface area contributed by atoms with Crippen LogP contribution in [0.1, 0.15) is 40.7 Å². The summed E-state index contributed by atoms with van der Waals surface area (Å²) >= 11 is 0. The molecule has 1 spiro atoms. The summed E-state index contributed by atoms with van der Waals surface area (Å²) < 4.78 is 73.2. The van der Waals surface area contributed by atoms with E-state index in [4.69, 9.17) is 13.1 Å². The van der Waals surface area contributed by atoms with E-state index in [1.807, 2.05) is 32.9 Å². The fourth-order valence-electron chi connectivity index (χ4n) is 7.62. The Hall–Kier alpha value is -2.80. The molecule has 2 N–H and O–H groups in total. The molecule has 222 valence electrons. The predicted molar refractivity (Wildman–Crippen MR) is 153 cm³/mol. The van der Waals surface area contributed by atoms with Gasteiger partial charge in [0.05, 0.1) is 9.79 Å². The summed E-state index contributed by atoms with van der Waals surface area (Å²) in [7, 11) is -9.20. The SMILES string of the molecule is Cc1ccc(S(=O)(=O)OC2(OS(=O)(=O)c3ccc(C)cc3)C[C@H]3[C@H]4Cc5c(C)ccc6c5[C@@]3(CCN4)[C@@H](O6)C2O)cc1. The van der Waals surface area contributed by atoms with Crippen molar-refractivity contribution < 1.29 is 35.0 Å². The second-order valence-electron chi connectivity index (χ2n) is 12.1. The van der Waals surface area contributed by atoms with E-state index in [1.54, 1.807) is 24.3 Å². The van der Waals surface area contributed by atoms with Crippen LogP contribution in [0.4, 0.5) is 0 Å². The number of aliphatic hydroxyl groups excluding tert-OH is 1. The molecule has 11 heteroatoms. The molecular weight excluding hydrogens is 578 g/mol. The quantitative estimate of drug-likeness (QED) is 0.318. The van der Waals surface area contributed by atoms with Gasteiger partial charge in [0.2, 0.25) is 5.79 Å². The first-order chi connectivity index (χ1) is 19.9. The summed E-state index contributed by atoms with van der Waals surface area (Å²) in [5.74, 6) is -2.20. The molecule has 2 fully saturated rings. The number of aliphatic hydroxyl groups is 1. The molecule has 42 heavy (non-hydrogen) atoms. The number of piperidine rings is 1. The monoisotopic (exact) mass is 611 g/mol. The van der Waals surface area contributed by atoms with Gasteiger partial charge in [-0.15, -0.1) is 0 Å². The number of benzene rings is 3. The minimum Gasteiger partial charge on any atom is -0.486 e. The summed E-state index contributed by atoms with van der Waals surface area (Å²) in [6.07, 6.45) is -1.65. The van der Waals surface area contributed by atoms with E-state index in [1.165, 1.54) is 24.3 Å². The van der Waals surface area contributed by atoms with E-state index in [0.29, 0.717) is 25.1 Å². The maximum absolute atomic E-state index is 13.8. The van der Waals surface area contributed by atoms with Crippen molar-refractivity contribution in [2.45, 2.75) is 79.3 Å². The standard InChI is InChI=1S/C31H33NO8S2/c1-18-4-9-21(10-5-18)41(34,35)39-31(40-42(36,37)22-11-6-19(2)7-12-22)17-24-25-16-23-20(3)8-13-26-27(23)30(24,14-15-32-25)29(38-26)28(31)33/h4-13,24-25,28-29,32-33H,14-17H2,1-3H3/t24-,25+,28?,29-,30-/m0/s1. The molecule has 5 atom stereocenters. The Labute approximate surface area is 246 Å². The molecule has 2 heterocycles. The van der Waals surface area contributed by atoms with Crippen molar-refractivity contribution in [2.75, 3.05) is 6.54 Å². The molecule has 1 saturated carbocycles. The lowest BCUT2D eigenvalue weighted by atomic mass is 9.50. The third-order valence-electron chi connectivity index (χ3n) is 9.62.